The fraction of sp³-hybridized carbons (Fsp3) is 0.0870. The molecule has 0 saturated heterocycles. The molecule has 0 unspecified atom stereocenters. The molecule has 3 aromatic carbocycles. The summed E-state index contributed by atoms with van der Waals surface area (Å²) in [6.07, 6.45) is 0. The lowest BCUT2D eigenvalue weighted by Gasteiger charge is -2.20. The Kier molecular flexibility index (Phi) is 7.53. The molecule has 0 spiro atoms. The van der Waals surface area contributed by atoms with Gasteiger partial charge in [-0.25, -0.2) is 0 Å². The molecule has 2 amide bonds. The lowest BCUT2D eigenvalue weighted by atomic mass is 10.1. The van der Waals surface area contributed by atoms with E-state index in [1.54, 1.807) is 48.3 Å². The minimum Gasteiger partial charge on any atom is -0.337 e. The Balaban J connectivity index is 1.70. The molecule has 0 aliphatic rings. The Hall–Kier alpha value is -2.78. The van der Waals surface area contributed by atoms with Gasteiger partial charge in [0.1, 0.15) is 0 Å². The minimum absolute atomic E-state index is 0.130. The third kappa shape index (κ3) is 5.64. The number of nitrogens with one attached hydrogen (secondary N) is 2. The number of para-hydroxylation sites is 1. The minimum atomic E-state index is -0.303. The van der Waals surface area contributed by atoms with E-state index in [0.29, 0.717) is 23.4 Å². The van der Waals surface area contributed by atoms with Gasteiger partial charge in [0, 0.05) is 17.2 Å². The molecular formula is C23H20IN3O2S. The fourth-order valence-electron chi connectivity index (χ4n) is 2.88. The maximum atomic E-state index is 13.0. The predicted molar refractivity (Wildman–Crippen MR) is 132 cm³/mol. The highest BCUT2D eigenvalue weighted by molar-refractivity contribution is 14.1. The normalized spacial score (nSPS) is 10.2. The number of carbonyl (C=O) groups excluding carboxylic acids is 2. The van der Waals surface area contributed by atoms with Crippen molar-refractivity contribution >= 4 is 57.4 Å². The monoisotopic (exact) mass is 529 g/mol. The van der Waals surface area contributed by atoms with Crippen molar-refractivity contribution in [2.24, 2.45) is 0 Å². The van der Waals surface area contributed by atoms with Gasteiger partial charge in [-0.15, -0.1) is 0 Å². The number of thiocarbonyl (C=S) groups is 1. The Morgan fingerprint density at radius 2 is 1.50 bits per heavy atom. The number of hydrogen-bond acceptors (Lipinski definition) is 3. The van der Waals surface area contributed by atoms with Gasteiger partial charge >= 0.3 is 0 Å². The first-order chi connectivity index (χ1) is 14.5. The number of anilines is 1. The average Bonchev–Trinajstić information content (AvgIpc) is 2.74. The molecule has 0 radical (unpaired) electrons. The molecule has 5 nitrogen and oxygen atoms in total. The number of amides is 2. The van der Waals surface area contributed by atoms with E-state index in [4.69, 9.17) is 12.2 Å². The van der Waals surface area contributed by atoms with Crippen LogP contribution in [0, 0.1) is 3.57 Å². The van der Waals surface area contributed by atoms with Gasteiger partial charge in [-0.05, 0) is 64.6 Å². The van der Waals surface area contributed by atoms with Crippen molar-refractivity contribution in [3.8, 4) is 0 Å². The summed E-state index contributed by atoms with van der Waals surface area (Å²) < 4.78 is 0.827. The largest absolute Gasteiger partial charge is 0.337 e. The number of nitrogens with zero attached hydrogens (tertiary/aromatic N) is 1. The van der Waals surface area contributed by atoms with E-state index in [-0.39, 0.29) is 16.9 Å². The summed E-state index contributed by atoms with van der Waals surface area (Å²) in [6.45, 7) is 0.488. The van der Waals surface area contributed by atoms with E-state index >= 15 is 0 Å². The van der Waals surface area contributed by atoms with Crippen molar-refractivity contribution in [2.75, 3.05) is 12.4 Å². The number of halogens is 1. The van der Waals surface area contributed by atoms with Gasteiger partial charge in [-0.2, -0.15) is 0 Å². The molecule has 0 fully saturated rings. The van der Waals surface area contributed by atoms with Gasteiger partial charge in [-0.3, -0.25) is 14.9 Å². The van der Waals surface area contributed by atoms with E-state index in [1.807, 2.05) is 42.5 Å². The summed E-state index contributed by atoms with van der Waals surface area (Å²) in [5, 5.41) is 5.78. The first kappa shape index (κ1) is 21.9. The number of benzene rings is 3. The van der Waals surface area contributed by atoms with Crippen LogP contribution in [0.2, 0.25) is 0 Å². The van der Waals surface area contributed by atoms with Gasteiger partial charge in [0.2, 0.25) is 0 Å². The summed E-state index contributed by atoms with van der Waals surface area (Å²) in [7, 11) is 1.75. The first-order valence-corrected chi connectivity index (χ1v) is 10.7. The SMILES string of the molecule is CN(Cc1ccccc1)C(=O)c1ccccc1NC(=S)NC(=O)c1ccccc1I. The quantitative estimate of drug-likeness (QED) is 0.372. The fourth-order valence-corrected chi connectivity index (χ4v) is 3.72. The van der Waals surface area contributed by atoms with Gasteiger partial charge in [-0.1, -0.05) is 54.6 Å². The first-order valence-electron chi connectivity index (χ1n) is 9.21. The molecule has 0 saturated carbocycles. The lowest BCUT2D eigenvalue weighted by Crippen LogP contribution is -2.35. The van der Waals surface area contributed by atoms with Crippen LogP contribution in [-0.2, 0) is 6.54 Å². The molecule has 30 heavy (non-hydrogen) atoms. The van der Waals surface area contributed by atoms with Crippen molar-refractivity contribution in [3.63, 3.8) is 0 Å². The third-order valence-corrected chi connectivity index (χ3v) is 5.51. The summed E-state index contributed by atoms with van der Waals surface area (Å²) in [5.41, 5.74) is 2.59. The summed E-state index contributed by atoms with van der Waals surface area (Å²) in [5.74, 6) is -0.448. The van der Waals surface area contributed by atoms with E-state index in [1.165, 1.54) is 0 Å². The van der Waals surface area contributed by atoms with Gasteiger partial charge in [0.15, 0.2) is 5.11 Å². The van der Waals surface area contributed by atoms with Crippen LogP contribution in [0.3, 0.4) is 0 Å². The zero-order valence-electron chi connectivity index (χ0n) is 16.3. The van der Waals surface area contributed by atoms with Crippen LogP contribution in [0.15, 0.2) is 78.9 Å². The van der Waals surface area contributed by atoms with Crippen molar-refractivity contribution < 1.29 is 9.59 Å². The van der Waals surface area contributed by atoms with Gasteiger partial charge in [0.25, 0.3) is 11.8 Å². The third-order valence-electron chi connectivity index (χ3n) is 4.36. The van der Waals surface area contributed by atoms with Crippen LogP contribution >= 0.6 is 34.8 Å². The standard InChI is InChI=1S/C23H20IN3O2S/c1-27(15-16-9-3-2-4-10-16)22(29)18-12-6-8-14-20(18)25-23(30)26-21(28)17-11-5-7-13-19(17)24/h2-14H,15H2,1H3,(H2,25,26,28,30). The number of rotatable bonds is 5. The smallest absolute Gasteiger partial charge is 0.258 e. The molecule has 0 bridgehead atoms. The van der Waals surface area contributed by atoms with Gasteiger partial charge in [0.05, 0.1) is 16.8 Å². The maximum Gasteiger partial charge on any atom is 0.258 e. The second-order valence-electron chi connectivity index (χ2n) is 6.58. The summed E-state index contributed by atoms with van der Waals surface area (Å²) in [6, 6.07) is 24.1. The van der Waals surface area contributed by atoms with Gasteiger partial charge < -0.3 is 10.2 Å². The van der Waals surface area contributed by atoms with E-state index in [9.17, 15) is 9.59 Å². The van der Waals surface area contributed by atoms with Crippen LogP contribution in [0.25, 0.3) is 0 Å². The molecule has 3 rings (SSSR count). The highest BCUT2D eigenvalue weighted by Gasteiger charge is 2.17. The predicted octanol–water partition coefficient (Wildman–Crippen LogP) is 4.69. The Morgan fingerprint density at radius 1 is 0.900 bits per heavy atom. The molecule has 0 aliphatic carbocycles. The highest BCUT2D eigenvalue weighted by atomic mass is 127. The molecule has 7 heteroatoms. The van der Waals surface area contributed by atoms with E-state index in [2.05, 4.69) is 33.2 Å². The van der Waals surface area contributed by atoms with Crippen molar-refractivity contribution in [1.29, 1.82) is 0 Å². The zero-order chi connectivity index (χ0) is 21.5. The lowest BCUT2D eigenvalue weighted by molar-refractivity contribution is 0.0786. The van der Waals surface area contributed by atoms with E-state index < -0.39 is 0 Å². The summed E-state index contributed by atoms with van der Waals surface area (Å²) >= 11 is 7.40. The van der Waals surface area contributed by atoms with Crippen molar-refractivity contribution in [1.82, 2.24) is 10.2 Å². The van der Waals surface area contributed by atoms with E-state index in [0.717, 1.165) is 9.13 Å². The molecule has 0 atom stereocenters. The second-order valence-corrected chi connectivity index (χ2v) is 8.15. The Morgan fingerprint density at radius 3 is 2.20 bits per heavy atom. The van der Waals surface area contributed by atoms with Crippen molar-refractivity contribution in [3.05, 3.63) is 99.1 Å². The molecule has 2 N–H and O–H groups in total. The van der Waals surface area contributed by atoms with Crippen LogP contribution in [-0.4, -0.2) is 28.9 Å². The maximum absolute atomic E-state index is 13.0. The average molecular weight is 529 g/mol. The highest BCUT2D eigenvalue weighted by Crippen LogP contribution is 2.18. The second kappa shape index (κ2) is 10.3. The molecule has 152 valence electrons. The van der Waals surface area contributed by atoms with Crippen LogP contribution in [0.1, 0.15) is 26.3 Å². The molecule has 0 heterocycles. The molecule has 0 aromatic heterocycles. The zero-order valence-corrected chi connectivity index (χ0v) is 19.2. The molecule has 0 aliphatic heterocycles. The molecule has 3 aromatic rings. The summed E-state index contributed by atoms with van der Waals surface area (Å²) in [4.78, 5) is 27.1. The Bertz CT molecular complexity index is 1070. The number of hydrogen-bond donors (Lipinski definition) is 2. The van der Waals surface area contributed by atoms with Crippen LogP contribution in [0.4, 0.5) is 5.69 Å². The molecular weight excluding hydrogens is 509 g/mol. The Labute approximate surface area is 194 Å². The van der Waals surface area contributed by atoms with Crippen LogP contribution in [0.5, 0.6) is 0 Å². The topological polar surface area (TPSA) is 61.4 Å². The van der Waals surface area contributed by atoms with Crippen molar-refractivity contribution in [2.45, 2.75) is 6.54 Å². The van der Waals surface area contributed by atoms with Crippen LogP contribution < -0.4 is 10.6 Å². The number of carbonyl (C=O) groups is 2.